The first-order chi connectivity index (χ1) is 8.15. The smallest absolute Gasteiger partial charge is 0.163 e. The van der Waals surface area contributed by atoms with Crippen molar-refractivity contribution in [2.75, 3.05) is 0 Å². The van der Waals surface area contributed by atoms with Gasteiger partial charge in [0, 0.05) is 0 Å². The molecule has 0 bridgehead atoms. The molecule has 0 fully saturated rings. The molecule has 0 saturated heterocycles. The van der Waals surface area contributed by atoms with Gasteiger partial charge in [0.15, 0.2) is 5.67 Å². The minimum atomic E-state index is -1.41. The van der Waals surface area contributed by atoms with Crippen LogP contribution in [0.4, 0.5) is 4.39 Å². The van der Waals surface area contributed by atoms with Gasteiger partial charge in [0.05, 0.1) is 0 Å². The van der Waals surface area contributed by atoms with Crippen LogP contribution in [0.25, 0.3) is 0 Å². The molecule has 0 saturated carbocycles. The molecule has 0 unspecified atom stereocenters. The number of rotatable bonds is 3. The van der Waals surface area contributed by atoms with Crippen LogP contribution in [-0.2, 0) is 5.67 Å². The molecule has 0 heterocycles. The maximum atomic E-state index is 15.4. The number of benzene rings is 2. The van der Waals surface area contributed by atoms with Crippen LogP contribution in [0.5, 0.6) is 0 Å². The molecule has 2 aromatic carbocycles. The van der Waals surface area contributed by atoms with Crippen LogP contribution in [0.15, 0.2) is 60.7 Å². The molecule has 0 aromatic heterocycles. The normalized spacial score (nSPS) is 11.8. The van der Waals surface area contributed by atoms with Crippen molar-refractivity contribution in [2.45, 2.75) is 19.5 Å². The molecule has 88 valence electrons. The van der Waals surface area contributed by atoms with Gasteiger partial charge in [0.1, 0.15) is 0 Å². The summed E-state index contributed by atoms with van der Waals surface area (Å²) in [5.74, 6) is -0.104. The van der Waals surface area contributed by atoms with Gasteiger partial charge in [-0.1, -0.05) is 74.5 Å². The zero-order valence-electron chi connectivity index (χ0n) is 10.2. The molecule has 0 nitrogen and oxygen atoms in total. The van der Waals surface area contributed by atoms with E-state index >= 15 is 4.39 Å². The second-order valence-corrected chi connectivity index (χ2v) is 4.60. The zero-order valence-corrected chi connectivity index (χ0v) is 10.2. The van der Waals surface area contributed by atoms with Crippen molar-refractivity contribution < 1.29 is 4.39 Å². The minimum absolute atomic E-state index is 0.104. The summed E-state index contributed by atoms with van der Waals surface area (Å²) in [7, 11) is 0. The Balaban J connectivity index is 2.55. The third-order valence-electron chi connectivity index (χ3n) is 3.18. The summed E-state index contributed by atoms with van der Waals surface area (Å²) >= 11 is 0. The fourth-order valence-electron chi connectivity index (χ4n) is 2.19. The quantitative estimate of drug-likeness (QED) is 0.722. The molecule has 1 heteroatoms. The lowest BCUT2D eigenvalue weighted by atomic mass is 9.79. The highest BCUT2D eigenvalue weighted by molar-refractivity contribution is 5.36. The van der Waals surface area contributed by atoms with Gasteiger partial charge >= 0.3 is 0 Å². The molecule has 0 aliphatic heterocycles. The number of hydrogen-bond acceptors (Lipinski definition) is 0. The average molecular weight is 228 g/mol. The fraction of sp³-hybridized carbons (Fsp3) is 0.250. The van der Waals surface area contributed by atoms with Gasteiger partial charge in [-0.05, 0) is 17.0 Å². The fourth-order valence-corrected chi connectivity index (χ4v) is 2.19. The standard InChI is InChI=1S/C16H17F/c1-13(2)16(17,14-9-5-3-6-10-14)15-11-7-4-8-12-15/h3-13H,1-2H3. The van der Waals surface area contributed by atoms with E-state index in [2.05, 4.69) is 0 Å². The van der Waals surface area contributed by atoms with Crippen molar-refractivity contribution >= 4 is 0 Å². The number of halogens is 1. The van der Waals surface area contributed by atoms with Crippen molar-refractivity contribution in [3.8, 4) is 0 Å². The lowest BCUT2D eigenvalue weighted by Gasteiger charge is -2.30. The van der Waals surface area contributed by atoms with Crippen molar-refractivity contribution in [3.63, 3.8) is 0 Å². The Labute approximate surface area is 102 Å². The van der Waals surface area contributed by atoms with Gasteiger partial charge in [0.25, 0.3) is 0 Å². The summed E-state index contributed by atoms with van der Waals surface area (Å²) in [5.41, 5.74) is 0.0325. The van der Waals surface area contributed by atoms with Crippen LogP contribution in [-0.4, -0.2) is 0 Å². The van der Waals surface area contributed by atoms with Gasteiger partial charge in [-0.2, -0.15) is 0 Å². The predicted molar refractivity (Wildman–Crippen MR) is 69.6 cm³/mol. The Kier molecular flexibility index (Phi) is 3.28. The highest BCUT2D eigenvalue weighted by Crippen LogP contribution is 2.40. The highest BCUT2D eigenvalue weighted by Gasteiger charge is 2.37. The SMILES string of the molecule is CC(C)C(F)(c1ccccc1)c1ccccc1. The first-order valence-electron chi connectivity index (χ1n) is 5.95. The number of hydrogen-bond donors (Lipinski definition) is 0. The Bertz CT molecular complexity index is 420. The third-order valence-corrected chi connectivity index (χ3v) is 3.18. The average Bonchev–Trinajstić information content (AvgIpc) is 2.39. The molecule has 0 aliphatic rings. The Hall–Kier alpha value is -1.63. The van der Waals surface area contributed by atoms with Gasteiger partial charge in [-0.3, -0.25) is 0 Å². The van der Waals surface area contributed by atoms with E-state index in [9.17, 15) is 0 Å². The van der Waals surface area contributed by atoms with Crippen LogP contribution in [0, 0.1) is 5.92 Å². The first-order valence-corrected chi connectivity index (χ1v) is 5.95. The molecular weight excluding hydrogens is 211 g/mol. The van der Waals surface area contributed by atoms with Gasteiger partial charge in [-0.15, -0.1) is 0 Å². The van der Waals surface area contributed by atoms with Gasteiger partial charge < -0.3 is 0 Å². The zero-order chi connectivity index (χ0) is 12.3. The summed E-state index contributed by atoms with van der Waals surface area (Å²) in [6, 6.07) is 18.8. The van der Waals surface area contributed by atoms with Crippen molar-refractivity contribution in [1.29, 1.82) is 0 Å². The monoisotopic (exact) mass is 228 g/mol. The minimum Gasteiger partial charge on any atom is -0.233 e. The molecule has 0 spiro atoms. The molecule has 0 amide bonds. The predicted octanol–water partition coefficient (Wildman–Crippen LogP) is 4.56. The lowest BCUT2D eigenvalue weighted by Crippen LogP contribution is -2.28. The molecular formula is C16H17F. The van der Waals surface area contributed by atoms with Crippen LogP contribution in [0.3, 0.4) is 0 Å². The van der Waals surface area contributed by atoms with E-state index in [4.69, 9.17) is 0 Å². The second kappa shape index (κ2) is 4.70. The van der Waals surface area contributed by atoms with E-state index in [0.717, 1.165) is 11.1 Å². The molecule has 0 N–H and O–H groups in total. The topological polar surface area (TPSA) is 0 Å². The Morgan fingerprint density at radius 3 is 1.41 bits per heavy atom. The van der Waals surface area contributed by atoms with E-state index in [0.29, 0.717) is 0 Å². The summed E-state index contributed by atoms with van der Waals surface area (Å²) in [4.78, 5) is 0. The molecule has 0 radical (unpaired) electrons. The van der Waals surface area contributed by atoms with E-state index < -0.39 is 5.67 Å². The van der Waals surface area contributed by atoms with E-state index in [-0.39, 0.29) is 5.92 Å². The van der Waals surface area contributed by atoms with Crippen LogP contribution >= 0.6 is 0 Å². The van der Waals surface area contributed by atoms with E-state index in [1.54, 1.807) is 0 Å². The summed E-state index contributed by atoms with van der Waals surface area (Å²) in [5, 5.41) is 0. The first kappa shape index (κ1) is 11.8. The maximum absolute atomic E-state index is 15.4. The Morgan fingerprint density at radius 2 is 1.12 bits per heavy atom. The third kappa shape index (κ3) is 2.10. The second-order valence-electron chi connectivity index (χ2n) is 4.60. The lowest BCUT2D eigenvalue weighted by molar-refractivity contribution is 0.150. The summed E-state index contributed by atoms with van der Waals surface area (Å²) < 4.78 is 15.4. The molecule has 2 aromatic rings. The van der Waals surface area contributed by atoms with Gasteiger partial charge in [0.2, 0.25) is 0 Å². The highest BCUT2D eigenvalue weighted by atomic mass is 19.1. The summed E-state index contributed by atoms with van der Waals surface area (Å²) in [6.45, 7) is 3.83. The van der Waals surface area contributed by atoms with E-state index in [1.807, 2.05) is 74.5 Å². The molecule has 2 rings (SSSR count). The summed E-state index contributed by atoms with van der Waals surface area (Å²) in [6.07, 6.45) is 0. The van der Waals surface area contributed by atoms with Crippen LogP contribution < -0.4 is 0 Å². The molecule has 17 heavy (non-hydrogen) atoms. The van der Waals surface area contributed by atoms with Crippen molar-refractivity contribution in [3.05, 3.63) is 71.8 Å². The van der Waals surface area contributed by atoms with Crippen molar-refractivity contribution in [1.82, 2.24) is 0 Å². The largest absolute Gasteiger partial charge is 0.233 e. The maximum Gasteiger partial charge on any atom is 0.163 e. The van der Waals surface area contributed by atoms with E-state index in [1.165, 1.54) is 0 Å². The van der Waals surface area contributed by atoms with Crippen LogP contribution in [0.2, 0.25) is 0 Å². The van der Waals surface area contributed by atoms with Gasteiger partial charge in [-0.25, -0.2) is 4.39 Å². The Morgan fingerprint density at radius 1 is 0.765 bits per heavy atom. The van der Waals surface area contributed by atoms with Crippen molar-refractivity contribution in [2.24, 2.45) is 5.92 Å². The number of alkyl halides is 1. The van der Waals surface area contributed by atoms with Crippen LogP contribution in [0.1, 0.15) is 25.0 Å². The molecule has 0 atom stereocenters. The molecule has 0 aliphatic carbocycles.